The summed E-state index contributed by atoms with van der Waals surface area (Å²) in [6.45, 7) is 0. The lowest BCUT2D eigenvalue weighted by atomic mass is 9.97. The third kappa shape index (κ3) is 5.36. The van der Waals surface area contributed by atoms with E-state index < -0.39 is 0 Å². The number of hydrogen-bond donors (Lipinski definition) is 0. The summed E-state index contributed by atoms with van der Waals surface area (Å²) < 4.78 is 4.79. The Hall–Kier alpha value is -7.37. The number of aromatic nitrogens is 5. The van der Waals surface area contributed by atoms with Gasteiger partial charge in [-0.1, -0.05) is 133 Å². The summed E-state index contributed by atoms with van der Waals surface area (Å²) in [6.07, 6.45) is 6.60. The number of nitrogens with zero attached hydrogens (tertiary/aromatic N) is 5. The molecule has 0 radical (unpaired) electrons. The minimum atomic E-state index is 0.644. The van der Waals surface area contributed by atoms with E-state index in [4.69, 9.17) is 15.0 Å². The first-order chi connectivity index (χ1) is 27.8. The van der Waals surface area contributed by atoms with Crippen LogP contribution in [0, 0.1) is 0 Å². The molecule has 0 saturated carbocycles. The Balaban J connectivity index is 1.05. The molecule has 1 aliphatic rings. The first-order valence-electron chi connectivity index (χ1n) is 19.2. The zero-order valence-electron chi connectivity index (χ0n) is 30.5. The van der Waals surface area contributed by atoms with Gasteiger partial charge in [0.25, 0.3) is 0 Å². The largest absolute Gasteiger partial charge is 0.310 e. The molecular formula is C51H35N5. The lowest BCUT2D eigenvalue weighted by Crippen LogP contribution is -2.02. The molecule has 0 bridgehead atoms. The first-order valence-corrected chi connectivity index (χ1v) is 19.2. The minimum Gasteiger partial charge on any atom is -0.310 e. The highest BCUT2D eigenvalue weighted by Gasteiger charge is 2.21. The van der Waals surface area contributed by atoms with Gasteiger partial charge < -0.3 is 9.13 Å². The van der Waals surface area contributed by atoms with Gasteiger partial charge in [-0.25, -0.2) is 15.0 Å². The van der Waals surface area contributed by atoms with E-state index in [2.05, 4.69) is 137 Å². The lowest BCUT2D eigenvalue weighted by Gasteiger charge is -2.14. The Morgan fingerprint density at radius 2 is 0.946 bits per heavy atom. The summed E-state index contributed by atoms with van der Waals surface area (Å²) in [5.74, 6) is 1.95. The first kappa shape index (κ1) is 32.1. The van der Waals surface area contributed by atoms with Crippen molar-refractivity contribution >= 4 is 38.8 Å². The molecule has 0 fully saturated rings. The molecule has 3 heterocycles. The quantitative estimate of drug-likeness (QED) is 0.172. The van der Waals surface area contributed by atoms with E-state index >= 15 is 0 Å². The van der Waals surface area contributed by atoms with Crippen LogP contribution in [0.15, 0.2) is 182 Å². The number of aryl methyl sites for hydroxylation is 1. The smallest absolute Gasteiger partial charge is 0.164 e. The van der Waals surface area contributed by atoms with Crippen LogP contribution >= 0.6 is 0 Å². The fourth-order valence-corrected chi connectivity index (χ4v) is 8.42. The van der Waals surface area contributed by atoms with Gasteiger partial charge >= 0.3 is 0 Å². The Kier molecular flexibility index (Phi) is 7.56. The normalized spacial score (nSPS) is 12.4. The molecule has 5 nitrogen and oxygen atoms in total. The molecule has 0 spiro atoms. The Bertz CT molecular complexity index is 3060. The lowest BCUT2D eigenvalue weighted by molar-refractivity contribution is 0.967. The summed E-state index contributed by atoms with van der Waals surface area (Å²) in [7, 11) is 0. The monoisotopic (exact) mass is 717 g/mol. The summed E-state index contributed by atoms with van der Waals surface area (Å²) in [5, 5.41) is 3.81. The van der Waals surface area contributed by atoms with Crippen LogP contribution in [0.4, 0.5) is 0 Å². The van der Waals surface area contributed by atoms with Crippen LogP contribution in [-0.2, 0) is 6.42 Å². The van der Waals surface area contributed by atoms with Crippen LogP contribution in [0.5, 0.6) is 0 Å². The summed E-state index contributed by atoms with van der Waals surface area (Å²) in [4.78, 5) is 15.0. The van der Waals surface area contributed by atoms with Gasteiger partial charge in [0.05, 0.1) is 16.6 Å². The zero-order valence-corrected chi connectivity index (χ0v) is 30.5. The van der Waals surface area contributed by atoms with Crippen molar-refractivity contribution in [1.82, 2.24) is 24.1 Å². The Labute approximate surface area is 324 Å². The average Bonchev–Trinajstić information content (AvgIpc) is 3.79. The topological polar surface area (TPSA) is 48.5 Å². The second-order valence-electron chi connectivity index (χ2n) is 14.4. The zero-order chi connectivity index (χ0) is 37.0. The Morgan fingerprint density at radius 3 is 1.70 bits per heavy atom. The van der Waals surface area contributed by atoms with E-state index in [0.29, 0.717) is 17.5 Å². The van der Waals surface area contributed by atoms with Gasteiger partial charge in [0.2, 0.25) is 0 Å². The molecule has 264 valence electrons. The molecule has 0 unspecified atom stereocenters. The van der Waals surface area contributed by atoms with Crippen LogP contribution < -0.4 is 0 Å². The fraction of sp³-hybridized carbons (Fsp3) is 0.0392. The molecule has 0 saturated heterocycles. The SMILES string of the molecule is C1=Cc2c(c3cc(-c4ccc5c6ccccc6n(-c6ccccc6)c5c4)ccc3n2-c2cccc(-c3nc(-c4ccccc4)nc(-c4ccccc4)n3)c2)CC1. The molecule has 7 aromatic carbocycles. The van der Waals surface area contributed by atoms with Gasteiger partial charge in [-0.05, 0) is 84.1 Å². The van der Waals surface area contributed by atoms with Crippen LogP contribution in [0.1, 0.15) is 17.7 Å². The fourth-order valence-electron chi connectivity index (χ4n) is 8.42. The summed E-state index contributed by atoms with van der Waals surface area (Å²) in [6, 6.07) is 62.2. The molecule has 0 N–H and O–H groups in total. The number of rotatable bonds is 6. The molecule has 0 amide bonds. The van der Waals surface area contributed by atoms with Gasteiger partial charge in [0, 0.05) is 49.9 Å². The summed E-state index contributed by atoms with van der Waals surface area (Å²) in [5.41, 5.74) is 13.7. The van der Waals surface area contributed by atoms with Crippen molar-refractivity contribution in [2.75, 3.05) is 0 Å². The molecular weight excluding hydrogens is 683 g/mol. The molecule has 0 atom stereocenters. The molecule has 1 aliphatic carbocycles. The van der Waals surface area contributed by atoms with Crippen molar-refractivity contribution in [3.8, 4) is 56.7 Å². The second kappa shape index (κ2) is 13.2. The van der Waals surface area contributed by atoms with Gasteiger partial charge in [0.15, 0.2) is 17.5 Å². The van der Waals surface area contributed by atoms with Crippen molar-refractivity contribution in [1.29, 1.82) is 0 Å². The average molecular weight is 718 g/mol. The molecule has 10 aromatic rings. The third-order valence-electron chi connectivity index (χ3n) is 11.0. The second-order valence-corrected chi connectivity index (χ2v) is 14.4. The van der Waals surface area contributed by atoms with Gasteiger partial charge in [-0.15, -0.1) is 0 Å². The van der Waals surface area contributed by atoms with Crippen LogP contribution in [0.3, 0.4) is 0 Å². The molecule has 0 aliphatic heterocycles. The van der Waals surface area contributed by atoms with Gasteiger partial charge in [-0.2, -0.15) is 0 Å². The van der Waals surface area contributed by atoms with Crippen molar-refractivity contribution in [2.45, 2.75) is 12.8 Å². The predicted octanol–water partition coefficient (Wildman–Crippen LogP) is 12.5. The predicted molar refractivity (Wildman–Crippen MR) is 230 cm³/mol. The molecule has 56 heavy (non-hydrogen) atoms. The van der Waals surface area contributed by atoms with Crippen LogP contribution in [-0.4, -0.2) is 24.1 Å². The maximum absolute atomic E-state index is 5.03. The van der Waals surface area contributed by atoms with Crippen molar-refractivity contribution < 1.29 is 0 Å². The van der Waals surface area contributed by atoms with Crippen molar-refractivity contribution in [2.24, 2.45) is 0 Å². The number of benzene rings is 7. The van der Waals surface area contributed by atoms with Crippen molar-refractivity contribution in [3.05, 3.63) is 193 Å². The van der Waals surface area contributed by atoms with Crippen molar-refractivity contribution in [3.63, 3.8) is 0 Å². The van der Waals surface area contributed by atoms with E-state index in [1.807, 2.05) is 60.7 Å². The van der Waals surface area contributed by atoms with E-state index in [1.54, 1.807) is 0 Å². The maximum Gasteiger partial charge on any atom is 0.164 e. The Morgan fingerprint density at radius 1 is 0.375 bits per heavy atom. The van der Waals surface area contributed by atoms with Gasteiger partial charge in [0.1, 0.15) is 0 Å². The highest BCUT2D eigenvalue weighted by Crippen LogP contribution is 2.39. The summed E-state index contributed by atoms with van der Waals surface area (Å²) >= 11 is 0. The number of fused-ring (bicyclic) bond motifs is 6. The number of allylic oxidation sites excluding steroid dienone is 1. The van der Waals surface area contributed by atoms with E-state index in [0.717, 1.165) is 40.9 Å². The van der Waals surface area contributed by atoms with E-state index in [1.165, 1.54) is 55.1 Å². The molecule has 11 rings (SSSR count). The number of hydrogen-bond acceptors (Lipinski definition) is 3. The maximum atomic E-state index is 5.03. The van der Waals surface area contributed by atoms with Gasteiger partial charge in [-0.3, -0.25) is 0 Å². The van der Waals surface area contributed by atoms with Crippen LogP contribution in [0.25, 0.3) is 95.5 Å². The molecule has 3 aromatic heterocycles. The molecule has 5 heteroatoms. The third-order valence-corrected chi connectivity index (χ3v) is 11.0. The van der Waals surface area contributed by atoms with Crippen LogP contribution in [0.2, 0.25) is 0 Å². The van der Waals surface area contributed by atoms with E-state index in [-0.39, 0.29) is 0 Å². The standard InChI is InChI=1S/C51H35N5/c1-4-15-34(16-5-1)49-52-50(35-17-6-2-7-18-35)54-51(53-49)38-19-14-22-40(31-38)56-46-26-13-11-24-42(46)44-32-36(28-30-47(44)56)37-27-29-43-41-23-10-12-25-45(41)55(48(43)33-37)39-20-8-3-9-21-39/h1-10,12-23,25-33H,11,24H2. The highest BCUT2D eigenvalue weighted by molar-refractivity contribution is 6.10. The highest BCUT2D eigenvalue weighted by atomic mass is 15.0. The van der Waals surface area contributed by atoms with E-state index in [9.17, 15) is 0 Å². The number of para-hydroxylation sites is 2. The minimum absolute atomic E-state index is 0.644.